The van der Waals surface area contributed by atoms with Gasteiger partial charge in [-0.2, -0.15) is 0 Å². The summed E-state index contributed by atoms with van der Waals surface area (Å²) in [5.74, 6) is 0. The quantitative estimate of drug-likeness (QED) is 0.729. The Hall–Kier alpha value is -0.830. The van der Waals surface area contributed by atoms with Crippen LogP contribution in [0.2, 0.25) is 0 Å². The first kappa shape index (κ1) is 14.6. The number of unbranched alkanes of at least 4 members (excludes halogenated alkanes) is 3. The van der Waals surface area contributed by atoms with Gasteiger partial charge in [-0.1, -0.05) is 26.7 Å². The Morgan fingerprint density at radius 1 is 1.16 bits per heavy atom. The number of fused-ring (bicyclic) bond motifs is 1. The molecule has 1 N–H and O–H groups in total. The second-order valence-electron chi connectivity index (χ2n) is 6.06. The standard InChI is InChI=1S/C16H29N3/c1-14(2)17-11-7-3-4-8-12-19-13-18-15-9-5-6-10-16(15)19/h13-14,17H,3-12H2,1-2H3. The lowest BCUT2D eigenvalue weighted by Crippen LogP contribution is -2.23. The van der Waals surface area contributed by atoms with E-state index in [1.165, 1.54) is 69.3 Å². The molecule has 3 nitrogen and oxygen atoms in total. The highest BCUT2D eigenvalue weighted by molar-refractivity contribution is 5.16. The second-order valence-corrected chi connectivity index (χ2v) is 6.06. The first-order valence-electron chi connectivity index (χ1n) is 8.03. The van der Waals surface area contributed by atoms with Crippen LogP contribution < -0.4 is 5.32 Å². The number of rotatable bonds is 8. The van der Waals surface area contributed by atoms with Crippen molar-refractivity contribution in [2.24, 2.45) is 0 Å². The maximum absolute atomic E-state index is 4.56. The predicted molar refractivity (Wildman–Crippen MR) is 80.5 cm³/mol. The van der Waals surface area contributed by atoms with Crippen molar-refractivity contribution in [3.05, 3.63) is 17.7 Å². The van der Waals surface area contributed by atoms with E-state index in [9.17, 15) is 0 Å². The van der Waals surface area contributed by atoms with Gasteiger partial charge in [-0.3, -0.25) is 0 Å². The van der Waals surface area contributed by atoms with Crippen molar-refractivity contribution in [1.29, 1.82) is 0 Å². The molecule has 0 aromatic carbocycles. The third-order valence-corrected chi connectivity index (χ3v) is 3.99. The highest BCUT2D eigenvalue weighted by Crippen LogP contribution is 2.20. The Balaban J connectivity index is 1.60. The summed E-state index contributed by atoms with van der Waals surface area (Å²) in [7, 11) is 0. The number of nitrogens with one attached hydrogen (secondary N) is 1. The zero-order valence-electron chi connectivity index (χ0n) is 12.6. The molecule has 1 aliphatic rings. The molecule has 0 aliphatic heterocycles. The van der Waals surface area contributed by atoms with Crippen LogP contribution in [0.3, 0.4) is 0 Å². The van der Waals surface area contributed by atoms with Gasteiger partial charge in [-0.15, -0.1) is 0 Å². The van der Waals surface area contributed by atoms with Gasteiger partial charge < -0.3 is 9.88 Å². The number of aromatic nitrogens is 2. The lowest BCUT2D eigenvalue weighted by atomic mass is 10.0. The maximum Gasteiger partial charge on any atom is 0.0951 e. The highest BCUT2D eigenvalue weighted by atomic mass is 15.1. The van der Waals surface area contributed by atoms with Crippen LogP contribution in [0, 0.1) is 0 Å². The molecule has 0 saturated carbocycles. The summed E-state index contributed by atoms with van der Waals surface area (Å²) in [6.07, 6.45) is 12.5. The molecule has 1 aromatic rings. The third-order valence-electron chi connectivity index (χ3n) is 3.99. The molecular weight excluding hydrogens is 234 g/mol. The minimum Gasteiger partial charge on any atom is -0.334 e. The van der Waals surface area contributed by atoms with Gasteiger partial charge >= 0.3 is 0 Å². The van der Waals surface area contributed by atoms with Crippen LogP contribution in [0.5, 0.6) is 0 Å². The molecule has 0 atom stereocenters. The molecule has 19 heavy (non-hydrogen) atoms. The number of hydrogen-bond donors (Lipinski definition) is 1. The normalized spacial score (nSPS) is 14.9. The summed E-state index contributed by atoms with van der Waals surface area (Å²) >= 11 is 0. The van der Waals surface area contributed by atoms with Crippen LogP contribution in [0.25, 0.3) is 0 Å². The largest absolute Gasteiger partial charge is 0.334 e. The van der Waals surface area contributed by atoms with Crippen LogP contribution in [0.4, 0.5) is 0 Å². The van der Waals surface area contributed by atoms with Gasteiger partial charge in [0.25, 0.3) is 0 Å². The Bertz CT molecular complexity index is 368. The summed E-state index contributed by atoms with van der Waals surface area (Å²) < 4.78 is 2.40. The lowest BCUT2D eigenvalue weighted by molar-refractivity contribution is 0.517. The molecule has 0 radical (unpaired) electrons. The highest BCUT2D eigenvalue weighted by Gasteiger charge is 2.14. The summed E-state index contributed by atoms with van der Waals surface area (Å²) in [4.78, 5) is 4.56. The van der Waals surface area contributed by atoms with Gasteiger partial charge in [0.1, 0.15) is 0 Å². The Kier molecular flexibility index (Phi) is 5.90. The van der Waals surface area contributed by atoms with E-state index in [4.69, 9.17) is 0 Å². The molecule has 0 amide bonds. The van der Waals surface area contributed by atoms with Crippen molar-refractivity contribution >= 4 is 0 Å². The van der Waals surface area contributed by atoms with Crippen LogP contribution in [0.15, 0.2) is 6.33 Å². The fourth-order valence-corrected chi connectivity index (χ4v) is 2.88. The second kappa shape index (κ2) is 7.68. The fourth-order valence-electron chi connectivity index (χ4n) is 2.88. The molecule has 0 unspecified atom stereocenters. The number of nitrogens with zero attached hydrogens (tertiary/aromatic N) is 2. The van der Waals surface area contributed by atoms with Crippen LogP contribution in [0.1, 0.15) is 63.8 Å². The van der Waals surface area contributed by atoms with Crippen molar-refractivity contribution in [1.82, 2.24) is 14.9 Å². The van der Waals surface area contributed by atoms with Crippen molar-refractivity contribution in [2.45, 2.75) is 77.8 Å². The van der Waals surface area contributed by atoms with E-state index in [1.807, 2.05) is 0 Å². The first-order chi connectivity index (χ1) is 9.27. The number of hydrogen-bond acceptors (Lipinski definition) is 2. The summed E-state index contributed by atoms with van der Waals surface area (Å²) in [5, 5.41) is 3.48. The molecule has 0 fully saturated rings. The lowest BCUT2D eigenvalue weighted by Gasteiger charge is -2.14. The van der Waals surface area contributed by atoms with Gasteiger partial charge in [-0.05, 0) is 45.1 Å². The zero-order chi connectivity index (χ0) is 13.5. The Morgan fingerprint density at radius 2 is 1.95 bits per heavy atom. The zero-order valence-corrected chi connectivity index (χ0v) is 12.6. The smallest absolute Gasteiger partial charge is 0.0951 e. The van der Waals surface area contributed by atoms with Crippen LogP contribution in [-0.4, -0.2) is 22.1 Å². The maximum atomic E-state index is 4.56. The molecule has 0 bridgehead atoms. The van der Waals surface area contributed by atoms with Gasteiger partial charge in [0, 0.05) is 18.3 Å². The van der Waals surface area contributed by atoms with E-state index in [0.29, 0.717) is 6.04 Å². The fraction of sp³-hybridized carbons (Fsp3) is 0.812. The molecule has 1 aliphatic carbocycles. The van der Waals surface area contributed by atoms with Crippen LogP contribution >= 0.6 is 0 Å². The minimum atomic E-state index is 0.623. The van der Waals surface area contributed by atoms with E-state index >= 15 is 0 Å². The molecule has 108 valence electrons. The molecule has 0 saturated heterocycles. The van der Waals surface area contributed by atoms with Gasteiger partial charge in [0.2, 0.25) is 0 Å². The third kappa shape index (κ3) is 4.64. The number of imidazole rings is 1. The van der Waals surface area contributed by atoms with E-state index in [1.54, 1.807) is 0 Å². The minimum absolute atomic E-state index is 0.623. The first-order valence-corrected chi connectivity index (χ1v) is 8.03. The van der Waals surface area contributed by atoms with Crippen molar-refractivity contribution in [3.8, 4) is 0 Å². The average molecular weight is 263 g/mol. The number of aryl methyl sites for hydroxylation is 2. The summed E-state index contributed by atoms with van der Waals surface area (Å²) in [6, 6.07) is 0.623. The monoisotopic (exact) mass is 263 g/mol. The summed E-state index contributed by atoms with van der Waals surface area (Å²) in [6.45, 7) is 6.75. The van der Waals surface area contributed by atoms with Gasteiger partial charge in [-0.25, -0.2) is 4.98 Å². The Labute approximate surface area is 117 Å². The molecule has 1 heterocycles. The predicted octanol–water partition coefficient (Wildman–Crippen LogP) is 3.32. The van der Waals surface area contributed by atoms with Crippen molar-refractivity contribution < 1.29 is 0 Å². The van der Waals surface area contributed by atoms with Gasteiger partial charge in [0.15, 0.2) is 0 Å². The topological polar surface area (TPSA) is 29.9 Å². The van der Waals surface area contributed by atoms with E-state index in [2.05, 4.69) is 35.0 Å². The van der Waals surface area contributed by atoms with Crippen molar-refractivity contribution in [2.75, 3.05) is 6.54 Å². The SMILES string of the molecule is CC(C)NCCCCCCn1cnc2c1CCCC2. The van der Waals surface area contributed by atoms with Crippen LogP contribution in [-0.2, 0) is 19.4 Å². The molecule has 0 spiro atoms. The van der Waals surface area contributed by atoms with E-state index < -0.39 is 0 Å². The van der Waals surface area contributed by atoms with Gasteiger partial charge in [0.05, 0.1) is 12.0 Å². The van der Waals surface area contributed by atoms with E-state index in [-0.39, 0.29) is 0 Å². The van der Waals surface area contributed by atoms with E-state index in [0.717, 1.165) is 6.54 Å². The molecule has 2 rings (SSSR count). The Morgan fingerprint density at radius 3 is 2.79 bits per heavy atom. The molecular formula is C16H29N3. The average Bonchev–Trinajstić information content (AvgIpc) is 2.81. The molecule has 3 heteroatoms. The molecule has 1 aromatic heterocycles. The van der Waals surface area contributed by atoms with Crippen molar-refractivity contribution in [3.63, 3.8) is 0 Å². The summed E-state index contributed by atoms with van der Waals surface area (Å²) in [5.41, 5.74) is 2.89.